The van der Waals surface area contributed by atoms with Crippen molar-refractivity contribution in [3.63, 3.8) is 0 Å². The van der Waals surface area contributed by atoms with E-state index in [4.69, 9.17) is 9.47 Å². The van der Waals surface area contributed by atoms with Crippen LogP contribution in [0.25, 0.3) is 0 Å². The van der Waals surface area contributed by atoms with Crippen molar-refractivity contribution >= 4 is 17.8 Å². The summed E-state index contributed by atoms with van der Waals surface area (Å²) in [5.74, 6) is -1.04. The first kappa shape index (κ1) is 22.4. The van der Waals surface area contributed by atoms with Gasteiger partial charge in [-0.05, 0) is 37.8 Å². The van der Waals surface area contributed by atoms with Crippen LogP contribution in [0.5, 0.6) is 0 Å². The van der Waals surface area contributed by atoms with Gasteiger partial charge in [-0.25, -0.2) is 9.59 Å². The number of nitrogens with one attached hydrogen (secondary N) is 1. The molecule has 1 amide bonds. The van der Waals surface area contributed by atoms with Crippen molar-refractivity contribution in [3.8, 4) is 0 Å². The summed E-state index contributed by atoms with van der Waals surface area (Å²) in [5, 5.41) is 2.58. The highest BCUT2D eigenvalue weighted by Crippen LogP contribution is 2.21. The summed E-state index contributed by atoms with van der Waals surface area (Å²) in [6.07, 6.45) is 1.51. The van der Waals surface area contributed by atoms with Gasteiger partial charge in [0.1, 0.15) is 12.2 Å². The molecule has 0 bridgehead atoms. The van der Waals surface area contributed by atoms with Crippen LogP contribution in [-0.4, -0.2) is 29.5 Å². The van der Waals surface area contributed by atoms with E-state index in [0.717, 1.165) is 17.7 Å². The molecule has 0 aliphatic heterocycles. The van der Waals surface area contributed by atoms with Gasteiger partial charge in [0.2, 0.25) is 0 Å². The number of benzene rings is 1. The summed E-state index contributed by atoms with van der Waals surface area (Å²) in [5.41, 5.74) is -0.386. The van der Waals surface area contributed by atoms with Gasteiger partial charge in [0.15, 0.2) is 5.78 Å². The van der Waals surface area contributed by atoms with Crippen LogP contribution in [0.2, 0.25) is 0 Å². The second-order valence-corrected chi connectivity index (χ2v) is 8.27. The molecule has 0 radical (unpaired) electrons. The minimum absolute atomic E-state index is 0.122. The van der Waals surface area contributed by atoms with Crippen molar-refractivity contribution in [2.75, 3.05) is 0 Å². The normalized spacial score (nSPS) is 13.1. The Morgan fingerprint density at radius 3 is 2.11 bits per heavy atom. The van der Waals surface area contributed by atoms with E-state index < -0.39 is 34.9 Å². The summed E-state index contributed by atoms with van der Waals surface area (Å²) in [7, 11) is 0. The molecule has 0 aromatic heterocycles. The molecule has 1 aromatic rings. The van der Waals surface area contributed by atoms with E-state index in [1.54, 1.807) is 20.8 Å². The average molecular weight is 375 g/mol. The molecule has 0 aliphatic carbocycles. The number of hydrogen-bond donors (Lipinski definition) is 1. The van der Waals surface area contributed by atoms with Crippen molar-refractivity contribution < 1.29 is 23.9 Å². The number of alkyl carbamates (subject to hydrolysis) is 1. The number of ether oxygens (including phenoxy) is 2. The molecule has 0 aliphatic rings. The second-order valence-electron chi connectivity index (χ2n) is 8.27. The SMILES string of the molecule is CC(C)(C)OC(=O)N[C@H](C(=O)/C=C/C(=O)OCc1ccccc1)C(C)(C)C. The van der Waals surface area contributed by atoms with Crippen LogP contribution in [-0.2, 0) is 25.7 Å². The lowest BCUT2D eigenvalue weighted by Crippen LogP contribution is -2.50. The lowest BCUT2D eigenvalue weighted by molar-refractivity contribution is -0.139. The zero-order valence-electron chi connectivity index (χ0n) is 16.9. The second kappa shape index (κ2) is 9.35. The summed E-state index contributed by atoms with van der Waals surface area (Å²) in [6, 6.07) is 8.39. The predicted octanol–water partition coefficient (Wildman–Crippen LogP) is 3.79. The molecule has 0 fully saturated rings. The summed E-state index contributed by atoms with van der Waals surface area (Å²) in [6.45, 7) is 10.8. The van der Waals surface area contributed by atoms with Gasteiger partial charge < -0.3 is 14.8 Å². The lowest BCUT2D eigenvalue weighted by Gasteiger charge is -2.30. The first-order valence-corrected chi connectivity index (χ1v) is 8.80. The summed E-state index contributed by atoms with van der Waals surface area (Å²) < 4.78 is 10.3. The molecule has 0 unspecified atom stereocenters. The van der Waals surface area contributed by atoms with Crippen molar-refractivity contribution in [1.82, 2.24) is 5.32 Å². The van der Waals surface area contributed by atoms with E-state index in [9.17, 15) is 14.4 Å². The first-order chi connectivity index (χ1) is 12.4. The lowest BCUT2D eigenvalue weighted by atomic mass is 9.84. The number of carbonyl (C=O) groups excluding carboxylic acids is 3. The third-order valence-corrected chi connectivity index (χ3v) is 3.42. The molecule has 0 saturated heterocycles. The first-order valence-electron chi connectivity index (χ1n) is 8.80. The molecule has 6 heteroatoms. The number of rotatable bonds is 6. The van der Waals surface area contributed by atoms with Crippen molar-refractivity contribution in [2.45, 2.75) is 59.8 Å². The van der Waals surface area contributed by atoms with Gasteiger partial charge in [0.05, 0.1) is 6.04 Å². The van der Waals surface area contributed by atoms with Crippen molar-refractivity contribution in [3.05, 3.63) is 48.0 Å². The number of amides is 1. The third kappa shape index (κ3) is 9.03. The fourth-order valence-corrected chi connectivity index (χ4v) is 2.16. The number of carbonyl (C=O) groups is 3. The van der Waals surface area contributed by atoms with E-state index >= 15 is 0 Å². The minimum atomic E-state index is -0.842. The standard InChI is InChI=1S/C21H29NO5/c1-20(2,3)18(22-19(25)27-21(4,5)6)16(23)12-13-17(24)26-14-15-10-8-7-9-11-15/h7-13,18H,14H2,1-6H3,(H,22,25)/b13-12+/t18-/m1/s1. The Morgan fingerprint density at radius 1 is 1.00 bits per heavy atom. The zero-order chi connectivity index (χ0) is 20.7. The van der Waals surface area contributed by atoms with Crippen LogP contribution >= 0.6 is 0 Å². The fraction of sp³-hybridized carbons (Fsp3) is 0.476. The van der Waals surface area contributed by atoms with E-state index in [0.29, 0.717) is 0 Å². The Labute approximate surface area is 160 Å². The molecule has 0 saturated carbocycles. The number of hydrogen-bond acceptors (Lipinski definition) is 5. The van der Waals surface area contributed by atoms with E-state index in [2.05, 4.69) is 5.32 Å². The molecule has 1 rings (SSSR count). The van der Waals surface area contributed by atoms with Gasteiger partial charge in [0, 0.05) is 6.08 Å². The zero-order valence-corrected chi connectivity index (χ0v) is 16.9. The van der Waals surface area contributed by atoms with Crippen LogP contribution < -0.4 is 5.32 Å². The molecule has 1 aromatic carbocycles. The van der Waals surface area contributed by atoms with Crippen LogP contribution in [0.15, 0.2) is 42.5 Å². The molecule has 0 spiro atoms. The Kier molecular flexibility index (Phi) is 7.76. The van der Waals surface area contributed by atoms with Gasteiger partial charge in [-0.3, -0.25) is 4.79 Å². The third-order valence-electron chi connectivity index (χ3n) is 3.42. The van der Waals surface area contributed by atoms with Crippen LogP contribution in [0, 0.1) is 5.41 Å². The average Bonchev–Trinajstić information content (AvgIpc) is 2.54. The monoisotopic (exact) mass is 375 g/mol. The molecule has 27 heavy (non-hydrogen) atoms. The maximum absolute atomic E-state index is 12.5. The molecular weight excluding hydrogens is 346 g/mol. The Morgan fingerprint density at radius 2 is 1.59 bits per heavy atom. The van der Waals surface area contributed by atoms with Gasteiger partial charge in [-0.2, -0.15) is 0 Å². The summed E-state index contributed by atoms with van der Waals surface area (Å²) in [4.78, 5) is 36.4. The van der Waals surface area contributed by atoms with Crippen molar-refractivity contribution in [2.24, 2.45) is 5.41 Å². The van der Waals surface area contributed by atoms with Gasteiger partial charge >= 0.3 is 12.1 Å². The Hall–Kier alpha value is -2.63. The van der Waals surface area contributed by atoms with E-state index in [1.165, 1.54) is 0 Å². The quantitative estimate of drug-likeness (QED) is 0.604. The van der Waals surface area contributed by atoms with Crippen molar-refractivity contribution in [1.29, 1.82) is 0 Å². The molecular formula is C21H29NO5. The highest BCUT2D eigenvalue weighted by Gasteiger charge is 2.32. The molecule has 1 N–H and O–H groups in total. The van der Waals surface area contributed by atoms with E-state index in [1.807, 2.05) is 51.1 Å². The molecule has 1 atom stereocenters. The van der Waals surface area contributed by atoms with Gasteiger partial charge in [-0.15, -0.1) is 0 Å². The highest BCUT2D eigenvalue weighted by molar-refractivity contribution is 6.00. The predicted molar refractivity (Wildman–Crippen MR) is 103 cm³/mol. The molecule has 148 valence electrons. The highest BCUT2D eigenvalue weighted by atomic mass is 16.6. The number of esters is 1. The fourth-order valence-electron chi connectivity index (χ4n) is 2.16. The van der Waals surface area contributed by atoms with Crippen LogP contribution in [0.3, 0.4) is 0 Å². The van der Waals surface area contributed by atoms with E-state index in [-0.39, 0.29) is 6.61 Å². The van der Waals surface area contributed by atoms with Crippen LogP contribution in [0.4, 0.5) is 4.79 Å². The maximum atomic E-state index is 12.5. The summed E-state index contributed by atoms with van der Waals surface area (Å²) >= 11 is 0. The van der Waals surface area contributed by atoms with Gasteiger partial charge in [0.25, 0.3) is 0 Å². The minimum Gasteiger partial charge on any atom is -0.458 e. The van der Waals surface area contributed by atoms with Gasteiger partial charge in [-0.1, -0.05) is 51.1 Å². The maximum Gasteiger partial charge on any atom is 0.408 e. The number of ketones is 1. The Bertz CT molecular complexity index is 681. The Balaban J connectivity index is 2.68. The topological polar surface area (TPSA) is 81.7 Å². The molecule has 6 nitrogen and oxygen atoms in total. The van der Waals surface area contributed by atoms with Crippen LogP contribution in [0.1, 0.15) is 47.1 Å². The largest absolute Gasteiger partial charge is 0.458 e. The molecule has 0 heterocycles. The smallest absolute Gasteiger partial charge is 0.408 e.